The number of aliphatic hydroxyl groups is 1. The van der Waals surface area contributed by atoms with E-state index in [1.807, 2.05) is 34.6 Å². The molecule has 1 amide bonds. The Morgan fingerprint density at radius 2 is 2.11 bits per heavy atom. The van der Waals surface area contributed by atoms with Gasteiger partial charge >= 0.3 is 0 Å². The summed E-state index contributed by atoms with van der Waals surface area (Å²) in [7, 11) is 0. The molecule has 0 radical (unpaired) electrons. The summed E-state index contributed by atoms with van der Waals surface area (Å²) in [5, 5.41) is 11.9. The molecule has 0 saturated heterocycles. The van der Waals surface area contributed by atoms with Gasteiger partial charge in [0, 0.05) is 30.6 Å². The standard InChI is InChI=1S/C14H28N2O3/c1-6-19-10-9-14(15,13(10,4)5)11(18)16-12(2,3)7-8-17/h10,17H,6-9,15H2,1-5H3,(H,16,18). The van der Waals surface area contributed by atoms with E-state index in [9.17, 15) is 4.79 Å². The molecule has 5 nitrogen and oxygen atoms in total. The van der Waals surface area contributed by atoms with E-state index in [1.54, 1.807) is 0 Å². The van der Waals surface area contributed by atoms with Gasteiger partial charge in [-0.25, -0.2) is 0 Å². The molecular weight excluding hydrogens is 244 g/mol. The van der Waals surface area contributed by atoms with E-state index in [4.69, 9.17) is 15.6 Å². The van der Waals surface area contributed by atoms with Crippen molar-refractivity contribution in [1.29, 1.82) is 0 Å². The second-order valence-electron chi connectivity index (χ2n) is 6.65. The number of nitrogens with one attached hydrogen (secondary N) is 1. The Kier molecular flexibility index (Phi) is 4.65. The van der Waals surface area contributed by atoms with Gasteiger partial charge in [0.2, 0.25) is 5.91 Å². The third-order valence-corrected chi connectivity index (χ3v) is 4.42. The van der Waals surface area contributed by atoms with E-state index in [0.717, 1.165) is 0 Å². The Bertz CT molecular complexity index is 342. The monoisotopic (exact) mass is 272 g/mol. The van der Waals surface area contributed by atoms with Crippen LogP contribution >= 0.6 is 0 Å². The van der Waals surface area contributed by atoms with Crippen molar-refractivity contribution in [1.82, 2.24) is 5.32 Å². The first kappa shape index (κ1) is 16.4. The highest BCUT2D eigenvalue weighted by molar-refractivity contribution is 5.89. The van der Waals surface area contributed by atoms with Crippen LogP contribution in [0.3, 0.4) is 0 Å². The highest BCUT2D eigenvalue weighted by atomic mass is 16.5. The van der Waals surface area contributed by atoms with Crippen molar-refractivity contribution in [2.24, 2.45) is 11.1 Å². The Labute approximate surface area is 115 Å². The van der Waals surface area contributed by atoms with Gasteiger partial charge in [0.15, 0.2) is 0 Å². The molecule has 5 heteroatoms. The van der Waals surface area contributed by atoms with Crippen molar-refractivity contribution in [3.8, 4) is 0 Å². The minimum Gasteiger partial charge on any atom is -0.396 e. The van der Waals surface area contributed by atoms with Crippen molar-refractivity contribution in [3.63, 3.8) is 0 Å². The average molecular weight is 272 g/mol. The van der Waals surface area contributed by atoms with Crippen LogP contribution in [0.4, 0.5) is 0 Å². The largest absolute Gasteiger partial charge is 0.396 e. The lowest BCUT2D eigenvalue weighted by molar-refractivity contribution is -0.172. The van der Waals surface area contributed by atoms with Gasteiger partial charge in [-0.3, -0.25) is 4.79 Å². The van der Waals surface area contributed by atoms with Crippen molar-refractivity contribution in [2.45, 2.75) is 64.6 Å². The SMILES string of the molecule is CCOC1CC(N)(C(=O)NC(C)(C)CCO)C1(C)C. The highest BCUT2D eigenvalue weighted by Gasteiger charge is 2.63. The summed E-state index contributed by atoms with van der Waals surface area (Å²) < 4.78 is 5.62. The Morgan fingerprint density at radius 3 is 2.53 bits per heavy atom. The summed E-state index contributed by atoms with van der Waals surface area (Å²) >= 11 is 0. The van der Waals surface area contributed by atoms with Gasteiger partial charge in [0.25, 0.3) is 0 Å². The number of hydrogen-bond donors (Lipinski definition) is 3. The van der Waals surface area contributed by atoms with Gasteiger partial charge in [-0.1, -0.05) is 13.8 Å². The number of rotatable bonds is 6. The van der Waals surface area contributed by atoms with Crippen molar-refractivity contribution in [2.75, 3.05) is 13.2 Å². The smallest absolute Gasteiger partial charge is 0.241 e. The molecule has 2 unspecified atom stereocenters. The first-order valence-electron chi connectivity index (χ1n) is 6.94. The molecule has 1 aliphatic rings. The molecule has 0 heterocycles. The molecule has 112 valence electrons. The third kappa shape index (κ3) is 2.93. The molecule has 0 spiro atoms. The van der Waals surface area contributed by atoms with Crippen LogP contribution in [0, 0.1) is 5.41 Å². The lowest BCUT2D eigenvalue weighted by Gasteiger charge is -2.58. The predicted molar refractivity (Wildman–Crippen MR) is 74.7 cm³/mol. The molecule has 19 heavy (non-hydrogen) atoms. The number of carbonyl (C=O) groups is 1. The Morgan fingerprint density at radius 1 is 1.53 bits per heavy atom. The molecule has 0 aliphatic heterocycles. The molecule has 1 aliphatic carbocycles. The Balaban J connectivity index is 2.73. The van der Waals surface area contributed by atoms with Gasteiger partial charge in [0.1, 0.15) is 5.54 Å². The number of amides is 1. The lowest BCUT2D eigenvalue weighted by Crippen LogP contribution is -2.76. The first-order valence-corrected chi connectivity index (χ1v) is 6.94. The maximum Gasteiger partial charge on any atom is 0.241 e. The zero-order valence-corrected chi connectivity index (χ0v) is 12.7. The number of hydrogen-bond acceptors (Lipinski definition) is 4. The van der Waals surface area contributed by atoms with Gasteiger partial charge in [-0.05, 0) is 27.2 Å². The number of nitrogens with two attached hydrogens (primary N) is 1. The second-order valence-corrected chi connectivity index (χ2v) is 6.65. The molecule has 0 aromatic carbocycles. The molecule has 2 atom stereocenters. The van der Waals surface area contributed by atoms with Crippen molar-refractivity contribution >= 4 is 5.91 Å². The van der Waals surface area contributed by atoms with Crippen LogP contribution < -0.4 is 11.1 Å². The van der Waals surface area contributed by atoms with E-state index in [1.165, 1.54) is 0 Å². The summed E-state index contributed by atoms with van der Waals surface area (Å²) in [5.74, 6) is -0.160. The zero-order chi connectivity index (χ0) is 14.9. The number of ether oxygens (including phenoxy) is 1. The quantitative estimate of drug-likeness (QED) is 0.667. The van der Waals surface area contributed by atoms with E-state index < -0.39 is 11.1 Å². The van der Waals surface area contributed by atoms with Crippen LogP contribution in [0.15, 0.2) is 0 Å². The van der Waals surface area contributed by atoms with Crippen LogP contribution in [-0.4, -0.2) is 41.4 Å². The van der Waals surface area contributed by atoms with Crippen LogP contribution in [0.5, 0.6) is 0 Å². The molecule has 1 fully saturated rings. The Hall–Kier alpha value is -0.650. The fraction of sp³-hybridized carbons (Fsp3) is 0.929. The van der Waals surface area contributed by atoms with Crippen LogP contribution in [0.2, 0.25) is 0 Å². The normalized spacial score (nSPS) is 29.7. The zero-order valence-electron chi connectivity index (χ0n) is 12.7. The molecule has 1 rings (SSSR count). The lowest BCUT2D eigenvalue weighted by atomic mass is 9.54. The second kappa shape index (κ2) is 5.38. The van der Waals surface area contributed by atoms with Gasteiger partial charge in [-0.2, -0.15) is 0 Å². The highest BCUT2D eigenvalue weighted by Crippen LogP contribution is 2.50. The summed E-state index contributed by atoms with van der Waals surface area (Å²) in [6.45, 7) is 10.3. The van der Waals surface area contributed by atoms with Crippen LogP contribution in [-0.2, 0) is 9.53 Å². The van der Waals surface area contributed by atoms with Gasteiger partial charge in [-0.15, -0.1) is 0 Å². The first-order chi connectivity index (χ1) is 8.60. The minimum atomic E-state index is -0.903. The molecular formula is C14H28N2O3. The number of carbonyl (C=O) groups excluding carboxylic acids is 1. The van der Waals surface area contributed by atoms with E-state index in [-0.39, 0.29) is 24.0 Å². The summed E-state index contributed by atoms with van der Waals surface area (Å²) in [6.07, 6.45) is 1.06. The fourth-order valence-electron chi connectivity index (χ4n) is 2.58. The van der Waals surface area contributed by atoms with Crippen molar-refractivity contribution in [3.05, 3.63) is 0 Å². The average Bonchev–Trinajstić information content (AvgIpc) is 2.27. The van der Waals surface area contributed by atoms with E-state index in [2.05, 4.69) is 5.32 Å². The van der Waals surface area contributed by atoms with E-state index in [0.29, 0.717) is 19.4 Å². The van der Waals surface area contributed by atoms with Gasteiger partial charge in [0.05, 0.1) is 6.10 Å². The summed E-state index contributed by atoms with van der Waals surface area (Å²) in [6, 6.07) is 0. The minimum absolute atomic E-state index is 0.0224. The molecule has 0 bridgehead atoms. The molecule has 4 N–H and O–H groups in total. The summed E-state index contributed by atoms with van der Waals surface area (Å²) in [5.41, 5.74) is 4.55. The van der Waals surface area contributed by atoms with Crippen LogP contribution in [0.25, 0.3) is 0 Å². The van der Waals surface area contributed by atoms with Crippen molar-refractivity contribution < 1.29 is 14.6 Å². The summed E-state index contributed by atoms with van der Waals surface area (Å²) in [4.78, 5) is 12.4. The maximum atomic E-state index is 12.4. The van der Waals surface area contributed by atoms with Crippen LogP contribution in [0.1, 0.15) is 47.5 Å². The predicted octanol–water partition coefficient (Wildman–Crippen LogP) is 0.796. The molecule has 1 saturated carbocycles. The number of aliphatic hydroxyl groups excluding tert-OH is 1. The van der Waals surface area contributed by atoms with E-state index >= 15 is 0 Å². The molecule has 0 aromatic rings. The fourth-order valence-corrected chi connectivity index (χ4v) is 2.58. The van der Waals surface area contributed by atoms with Gasteiger partial charge < -0.3 is 20.9 Å². The topological polar surface area (TPSA) is 84.6 Å². The maximum absolute atomic E-state index is 12.4. The third-order valence-electron chi connectivity index (χ3n) is 4.42. The molecule has 0 aromatic heterocycles.